The standard InChI is InChI=1S/C12H13F2N3/c1-2-3-15-12-16-4-5-17(12)11-7-9(13)6-10(14)8-11/h4-8H,2-3H2,1H3,(H,15,16). The number of benzene rings is 1. The van der Waals surface area contributed by atoms with Crippen molar-refractivity contribution in [3.63, 3.8) is 0 Å². The molecule has 90 valence electrons. The Kier molecular flexibility index (Phi) is 3.37. The van der Waals surface area contributed by atoms with Gasteiger partial charge in [0.1, 0.15) is 11.6 Å². The third kappa shape index (κ3) is 2.61. The summed E-state index contributed by atoms with van der Waals surface area (Å²) in [6, 6.07) is 3.38. The smallest absolute Gasteiger partial charge is 0.207 e. The van der Waals surface area contributed by atoms with Crippen LogP contribution in [-0.4, -0.2) is 16.1 Å². The molecule has 1 aromatic carbocycles. The van der Waals surface area contributed by atoms with Crippen molar-refractivity contribution in [2.75, 3.05) is 11.9 Å². The van der Waals surface area contributed by atoms with Gasteiger partial charge >= 0.3 is 0 Å². The van der Waals surface area contributed by atoms with Gasteiger partial charge in [-0.05, 0) is 18.6 Å². The maximum Gasteiger partial charge on any atom is 0.207 e. The highest BCUT2D eigenvalue weighted by atomic mass is 19.1. The van der Waals surface area contributed by atoms with Crippen molar-refractivity contribution in [2.45, 2.75) is 13.3 Å². The Morgan fingerprint density at radius 2 is 1.94 bits per heavy atom. The molecule has 0 atom stereocenters. The average Bonchev–Trinajstić information content (AvgIpc) is 2.73. The van der Waals surface area contributed by atoms with Gasteiger partial charge in [-0.15, -0.1) is 0 Å². The maximum absolute atomic E-state index is 13.1. The Morgan fingerprint density at radius 1 is 1.24 bits per heavy atom. The van der Waals surface area contributed by atoms with E-state index in [0.29, 0.717) is 11.6 Å². The van der Waals surface area contributed by atoms with Gasteiger partial charge in [-0.2, -0.15) is 0 Å². The fourth-order valence-corrected chi connectivity index (χ4v) is 1.56. The van der Waals surface area contributed by atoms with Crippen LogP contribution in [0.25, 0.3) is 5.69 Å². The Hall–Kier alpha value is -1.91. The number of hydrogen-bond donors (Lipinski definition) is 1. The molecule has 17 heavy (non-hydrogen) atoms. The van der Waals surface area contributed by atoms with Crippen LogP contribution in [0.1, 0.15) is 13.3 Å². The lowest BCUT2D eigenvalue weighted by Crippen LogP contribution is -2.07. The first-order valence-electron chi connectivity index (χ1n) is 5.44. The summed E-state index contributed by atoms with van der Waals surface area (Å²) in [7, 11) is 0. The summed E-state index contributed by atoms with van der Waals surface area (Å²) in [5.74, 6) is -0.623. The molecule has 0 aliphatic rings. The van der Waals surface area contributed by atoms with Crippen LogP contribution in [-0.2, 0) is 0 Å². The summed E-state index contributed by atoms with van der Waals surface area (Å²) in [6.45, 7) is 2.79. The summed E-state index contributed by atoms with van der Waals surface area (Å²) in [6.07, 6.45) is 4.19. The predicted octanol–water partition coefficient (Wildman–Crippen LogP) is 2.97. The van der Waals surface area contributed by atoms with E-state index >= 15 is 0 Å². The number of imidazole rings is 1. The molecule has 0 unspecified atom stereocenters. The minimum atomic E-state index is -0.602. The van der Waals surface area contributed by atoms with Gasteiger partial charge in [0.15, 0.2) is 0 Å². The molecule has 0 radical (unpaired) electrons. The first-order chi connectivity index (χ1) is 8.20. The number of nitrogens with zero attached hydrogens (tertiary/aromatic N) is 2. The van der Waals surface area contributed by atoms with Crippen LogP contribution in [0.2, 0.25) is 0 Å². The highest BCUT2D eigenvalue weighted by molar-refractivity contribution is 5.42. The van der Waals surface area contributed by atoms with Crippen LogP contribution in [0.3, 0.4) is 0 Å². The first-order valence-corrected chi connectivity index (χ1v) is 5.44. The normalized spacial score (nSPS) is 10.5. The SMILES string of the molecule is CCCNc1nccn1-c1cc(F)cc(F)c1. The van der Waals surface area contributed by atoms with Crippen molar-refractivity contribution < 1.29 is 8.78 Å². The molecular weight excluding hydrogens is 224 g/mol. The fraction of sp³-hybridized carbons (Fsp3) is 0.250. The van der Waals surface area contributed by atoms with E-state index in [1.807, 2.05) is 6.92 Å². The number of nitrogens with one attached hydrogen (secondary N) is 1. The Morgan fingerprint density at radius 3 is 2.59 bits per heavy atom. The number of rotatable bonds is 4. The second kappa shape index (κ2) is 4.95. The summed E-state index contributed by atoms with van der Waals surface area (Å²) < 4.78 is 27.8. The molecule has 2 aromatic rings. The van der Waals surface area contributed by atoms with Crippen LogP contribution < -0.4 is 5.32 Å². The quantitative estimate of drug-likeness (QED) is 0.886. The third-order valence-electron chi connectivity index (χ3n) is 2.30. The Balaban J connectivity index is 2.35. The first kappa shape index (κ1) is 11.6. The van der Waals surface area contributed by atoms with Crippen molar-refractivity contribution in [1.82, 2.24) is 9.55 Å². The van der Waals surface area contributed by atoms with Gasteiger partial charge < -0.3 is 5.32 Å². The summed E-state index contributed by atoms with van der Waals surface area (Å²) in [4.78, 5) is 4.10. The number of aromatic nitrogens is 2. The molecule has 0 amide bonds. The highest BCUT2D eigenvalue weighted by Gasteiger charge is 2.07. The fourth-order valence-electron chi connectivity index (χ4n) is 1.56. The average molecular weight is 237 g/mol. The van der Waals surface area contributed by atoms with Crippen LogP contribution >= 0.6 is 0 Å². The third-order valence-corrected chi connectivity index (χ3v) is 2.30. The molecule has 0 saturated carbocycles. The molecule has 0 aliphatic heterocycles. The zero-order chi connectivity index (χ0) is 12.3. The zero-order valence-electron chi connectivity index (χ0n) is 9.45. The van der Waals surface area contributed by atoms with Crippen molar-refractivity contribution in [3.8, 4) is 5.69 Å². The van der Waals surface area contributed by atoms with Gasteiger partial charge in [0.2, 0.25) is 5.95 Å². The van der Waals surface area contributed by atoms with Gasteiger partial charge in [-0.1, -0.05) is 6.92 Å². The van der Waals surface area contributed by atoms with Crippen molar-refractivity contribution in [3.05, 3.63) is 42.2 Å². The molecule has 1 N–H and O–H groups in total. The van der Waals surface area contributed by atoms with Crippen LogP contribution in [0, 0.1) is 11.6 Å². The minimum Gasteiger partial charge on any atom is -0.355 e. The maximum atomic E-state index is 13.1. The van der Waals surface area contributed by atoms with Gasteiger partial charge in [-0.25, -0.2) is 13.8 Å². The number of hydrogen-bond acceptors (Lipinski definition) is 2. The summed E-state index contributed by atoms with van der Waals surface area (Å²) >= 11 is 0. The molecule has 0 fully saturated rings. The van der Waals surface area contributed by atoms with Gasteiger partial charge in [0.05, 0.1) is 5.69 Å². The highest BCUT2D eigenvalue weighted by Crippen LogP contribution is 2.17. The largest absolute Gasteiger partial charge is 0.355 e. The van der Waals surface area contributed by atoms with Gasteiger partial charge in [0.25, 0.3) is 0 Å². The molecule has 0 spiro atoms. The van der Waals surface area contributed by atoms with Gasteiger partial charge in [-0.3, -0.25) is 4.57 Å². The lowest BCUT2D eigenvalue weighted by molar-refractivity contribution is 0.581. The van der Waals surface area contributed by atoms with E-state index in [1.54, 1.807) is 17.0 Å². The van der Waals surface area contributed by atoms with E-state index in [0.717, 1.165) is 19.0 Å². The van der Waals surface area contributed by atoms with E-state index in [4.69, 9.17) is 0 Å². The number of halogens is 2. The van der Waals surface area contributed by atoms with E-state index in [2.05, 4.69) is 10.3 Å². The van der Waals surface area contributed by atoms with E-state index in [9.17, 15) is 8.78 Å². The van der Waals surface area contributed by atoms with Crippen molar-refractivity contribution in [2.24, 2.45) is 0 Å². The van der Waals surface area contributed by atoms with E-state index < -0.39 is 11.6 Å². The molecule has 0 bridgehead atoms. The molecule has 1 heterocycles. The molecule has 5 heteroatoms. The van der Waals surface area contributed by atoms with Gasteiger partial charge in [0, 0.05) is 25.0 Å². The van der Waals surface area contributed by atoms with Crippen molar-refractivity contribution >= 4 is 5.95 Å². The zero-order valence-corrected chi connectivity index (χ0v) is 9.45. The lowest BCUT2D eigenvalue weighted by Gasteiger charge is -2.09. The van der Waals surface area contributed by atoms with Crippen LogP contribution in [0.15, 0.2) is 30.6 Å². The van der Waals surface area contributed by atoms with Crippen LogP contribution in [0.5, 0.6) is 0 Å². The van der Waals surface area contributed by atoms with Crippen molar-refractivity contribution in [1.29, 1.82) is 0 Å². The summed E-state index contributed by atoms with van der Waals surface area (Å²) in [5, 5.41) is 3.09. The monoisotopic (exact) mass is 237 g/mol. The molecular formula is C12H13F2N3. The number of anilines is 1. The minimum absolute atomic E-state index is 0.415. The molecule has 2 rings (SSSR count). The predicted molar refractivity (Wildman–Crippen MR) is 62.3 cm³/mol. The van der Waals surface area contributed by atoms with Crippen LogP contribution in [0.4, 0.5) is 14.7 Å². The second-order valence-corrected chi connectivity index (χ2v) is 3.68. The Labute approximate surface area is 98.1 Å². The molecule has 0 saturated heterocycles. The molecule has 0 aliphatic carbocycles. The molecule has 1 aromatic heterocycles. The molecule has 3 nitrogen and oxygen atoms in total. The topological polar surface area (TPSA) is 29.9 Å². The second-order valence-electron chi connectivity index (χ2n) is 3.68. The lowest BCUT2D eigenvalue weighted by atomic mass is 10.3. The Bertz CT molecular complexity index is 488. The van der Waals surface area contributed by atoms with E-state index in [1.165, 1.54) is 12.1 Å². The van der Waals surface area contributed by atoms with E-state index in [-0.39, 0.29) is 0 Å². The summed E-state index contributed by atoms with van der Waals surface area (Å²) in [5.41, 5.74) is 0.415.